The van der Waals surface area contributed by atoms with Crippen LogP contribution >= 0.6 is 0 Å². The number of hydrogen-bond donors (Lipinski definition) is 1. The van der Waals surface area contributed by atoms with Crippen LogP contribution in [0.15, 0.2) is 60.8 Å². The van der Waals surface area contributed by atoms with E-state index in [0.717, 1.165) is 35.7 Å². The lowest BCUT2D eigenvalue weighted by Gasteiger charge is -2.46. The van der Waals surface area contributed by atoms with Crippen molar-refractivity contribution >= 4 is 11.6 Å². The smallest absolute Gasteiger partial charge is 0.253 e. The van der Waals surface area contributed by atoms with E-state index in [4.69, 9.17) is 4.74 Å². The molecule has 0 radical (unpaired) electrons. The number of carbonyl (C=O) groups excluding carboxylic acids is 1. The predicted octanol–water partition coefficient (Wildman–Crippen LogP) is 4.57. The molecule has 1 saturated heterocycles. The Balaban J connectivity index is 1.36. The van der Waals surface area contributed by atoms with Crippen LogP contribution in [-0.2, 0) is 5.54 Å². The number of anilines is 1. The van der Waals surface area contributed by atoms with Crippen LogP contribution in [-0.4, -0.2) is 35.1 Å². The Morgan fingerprint density at radius 1 is 1.13 bits per heavy atom. The first kappa shape index (κ1) is 18.7. The number of benzene rings is 2. The fourth-order valence-electron chi connectivity index (χ4n) is 4.64. The maximum absolute atomic E-state index is 13.9. The number of likely N-dealkylation sites (tertiary alicyclic amines) is 1. The van der Waals surface area contributed by atoms with Crippen LogP contribution in [0.25, 0.3) is 5.69 Å². The molecule has 1 spiro atoms. The van der Waals surface area contributed by atoms with Gasteiger partial charge >= 0.3 is 0 Å². The zero-order chi connectivity index (χ0) is 20.7. The molecule has 6 heteroatoms. The summed E-state index contributed by atoms with van der Waals surface area (Å²) in [4.78, 5) is 14.9. The summed E-state index contributed by atoms with van der Waals surface area (Å²) < 4.78 is 21.5. The number of amides is 1. The third-order valence-corrected chi connectivity index (χ3v) is 6.15. The number of rotatable bonds is 3. The van der Waals surface area contributed by atoms with Crippen molar-refractivity contribution in [2.45, 2.75) is 25.3 Å². The van der Waals surface area contributed by atoms with Crippen LogP contribution in [0.5, 0.6) is 5.75 Å². The topological polar surface area (TPSA) is 46.5 Å². The highest BCUT2D eigenvalue weighted by atomic mass is 19.1. The van der Waals surface area contributed by atoms with E-state index in [1.807, 2.05) is 48.4 Å². The summed E-state index contributed by atoms with van der Waals surface area (Å²) in [6, 6.07) is 16.3. The van der Waals surface area contributed by atoms with Gasteiger partial charge in [0.1, 0.15) is 11.6 Å². The van der Waals surface area contributed by atoms with Crippen molar-refractivity contribution in [2.24, 2.45) is 0 Å². The molecular formula is C24H24FN3O2. The Bertz CT molecular complexity index is 1080. The maximum Gasteiger partial charge on any atom is 0.253 e. The molecule has 1 aromatic heterocycles. The standard InChI is InChI=1S/C24H24FN3O2/c1-2-30-19-8-5-17(6-9-19)23(29)27-14-11-24(12-15-27)22-4-3-13-28(22)21-10-7-18(25)16-20(21)26-24/h3-10,13,16,26H,2,11-12,14-15H2,1H3. The van der Waals surface area contributed by atoms with Crippen LogP contribution in [0.3, 0.4) is 0 Å². The van der Waals surface area contributed by atoms with Gasteiger partial charge in [-0.1, -0.05) is 0 Å². The molecule has 30 heavy (non-hydrogen) atoms. The Kier molecular flexibility index (Phi) is 4.50. The monoisotopic (exact) mass is 405 g/mol. The van der Waals surface area contributed by atoms with E-state index in [9.17, 15) is 9.18 Å². The van der Waals surface area contributed by atoms with Gasteiger partial charge < -0.3 is 19.5 Å². The van der Waals surface area contributed by atoms with E-state index in [-0.39, 0.29) is 17.3 Å². The molecule has 154 valence electrons. The third-order valence-electron chi connectivity index (χ3n) is 6.15. The molecule has 1 amide bonds. The Hall–Kier alpha value is -3.28. The summed E-state index contributed by atoms with van der Waals surface area (Å²) >= 11 is 0. The van der Waals surface area contributed by atoms with Crippen molar-refractivity contribution in [3.63, 3.8) is 0 Å². The minimum atomic E-state index is -0.306. The number of fused-ring (bicyclic) bond motifs is 4. The van der Waals surface area contributed by atoms with Gasteiger partial charge in [-0.3, -0.25) is 4.79 Å². The molecule has 2 aromatic carbocycles. The zero-order valence-electron chi connectivity index (χ0n) is 16.9. The molecular weight excluding hydrogens is 381 g/mol. The number of halogens is 1. The highest BCUT2D eigenvalue weighted by Gasteiger charge is 2.42. The number of aromatic nitrogens is 1. The molecule has 2 aliphatic rings. The summed E-state index contributed by atoms with van der Waals surface area (Å²) in [7, 11) is 0. The Morgan fingerprint density at radius 3 is 2.63 bits per heavy atom. The minimum Gasteiger partial charge on any atom is -0.494 e. The molecule has 3 heterocycles. The lowest BCUT2D eigenvalue weighted by atomic mass is 9.82. The molecule has 0 saturated carbocycles. The van der Waals surface area contributed by atoms with Crippen molar-refractivity contribution in [3.8, 4) is 11.4 Å². The first-order valence-corrected chi connectivity index (χ1v) is 10.4. The number of hydrogen-bond acceptors (Lipinski definition) is 3. The van der Waals surface area contributed by atoms with E-state index in [0.29, 0.717) is 25.3 Å². The lowest BCUT2D eigenvalue weighted by molar-refractivity contribution is 0.0676. The highest BCUT2D eigenvalue weighted by molar-refractivity contribution is 5.94. The van der Waals surface area contributed by atoms with Crippen LogP contribution in [0.4, 0.5) is 10.1 Å². The number of carbonyl (C=O) groups is 1. The molecule has 0 aliphatic carbocycles. The van der Waals surface area contributed by atoms with E-state index in [1.165, 1.54) is 6.07 Å². The largest absolute Gasteiger partial charge is 0.494 e. The number of nitrogens with zero attached hydrogens (tertiary/aromatic N) is 2. The fourth-order valence-corrected chi connectivity index (χ4v) is 4.64. The van der Waals surface area contributed by atoms with Crippen molar-refractivity contribution in [1.82, 2.24) is 9.47 Å². The second kappa shape index (κ2) is 7.20. The SMILES string of the molecule is CCOc1ccc(C(=O)N2CCC3(CC2)Nc2cc(F)ccc2-n2cccc23)cc1. The van der Waals surface area contributed by atoms with E-state index < -0.39 is 0 Å². The average Bonchev–Trinajstić information content (AvgIpc) is 3.26. The molecule has 5 nitrogen and oxygen atoms in total. The molecule has 3 aromatic rings. The zero-order valence-corrected chi connectivity index (χ0v) is 16.9. The second-order valence-electron chi connectivity index (χ2n) is 7.88. The average molecular weight is 405 g/mol. The predicted molar refractivity (Wildman–Crippen MR) is 114 cm³/mol. The molecule has 0 atom stereocenters. The summed E-state index contributed by atoms with van der Waals surface area (Å²) in [6.07, 6.45) is 3.54. The molecule has 1 N–H and O–H groups in total. The van der Waals surface area contributed by atoms with Crippen molar-refractivity contribution < 1.29 is 13.9 Å². The Labute approximate surface area is 175 Å². The van der Waals surface area contributed by atoms with Crippen molar-refractivity contribution in [2.75, 3.05) is 25.0 Å². The van der Waals surface area contributed by atoms with E-state index in [2.05, 4.69) is 16.0 Å². The van der Waals surface area contributed by atoms with Crippen molar-refractivity contribution in [3.05, 3.63) is 77.9 Å². The highest BCUT2D eigenvalue weighted by Crippen LogP contribution is 2.43. The molecule has 0 unspecified atom stereocenters. The molecule has 5 rings (SSSR count). The summed E-state index contributed by atoms with van der Waals surface area (Å²) in [5.41, 5.74) is 3.27. The van der Waals surface area contributed by atoms with Gasteiger partial charge in [-0.2, -0.15) is 0 Å². The van der Waals surface area contributed by atoms with Gasteiger partial charge in [0, 0.05) is 30.5 Å². The van der Waals surface area contributed by atoms with E-state index >= 15 is 0 Å². The Morgan fingerprint density at radius 2 is 1.90 bits per heavy atom. The second-order valence-corrected chi connectivity index (χ2v) is 7.88. The van der Waals surface area contributed by atoms with Gasteiger partial charge in [0.15, 0.2) is 0 Å². The van der Waals surface area contributed by atoms with Gasteiger partial charge in [0.25, 0.3) is 5.91 Å². The van der Waals surface area contributed by atoms with Gasteiger partial charge in [-0.25, -0.2) is 4.39 Å². The van der Waals surface area contributed by atoms with Gasteiger partial charge in [-0.15, -0.1) is 0 Å². The van der Waals surface area contributed by atoms with Crippen molar-refractivity contribution in [1.29, 1.82) is 0 Å². The quantitative estimate of drug-likeness (QED) is 0.694. The minimum absolute atomic E-state index is 0.0329. The normalized spacial score (nSPS) is 16.5. The van der Waals surface area contributed by atoms with Gasteiger partial charge in [-0.05, 0) is 74.4 Å². The van der Waals surface area contributed by atoms with Gasteiger partial charge in [0.05, 0.1) is 23.5 Å². The number of ether oxygens (including phenoxy) is 1. The number of nitrogens with one attached hydrogen (secondary N) is 1. The molecule has 0 bridgehead atoms. The van der Waals surface area contributed by atoms with E-state index in [1.54, 1.807) is 12.1 Å². The summed E-state index contributed by atoms with van der Waals surface area (Å²) in [5, 5.41) is 3.60. The molecule has 1 fully saturated rings. The van der Waals surface area contributed by atoms with Crippen LogP contribution in [0.2, 0.25) is 0 Å². The van der Waals surface area contributed by atoms with Crippen LogP contribution < -0.4 is 10.1 Å². The van der Waals surface area contributed by atoms with Crippen LogP contribution in [0, 0.1) is 5.82 Å². The first-order chi connectivity index (χ1) is 14.6. The fraction of sp³-hybridized carbons (Fsp3) is 0.292. The lowest BCUT2D eigenvalue weighted by Crippen LogP contribution is -2.51. The summed E-state index contributed by atoms with van der Waals surface area (Å²) in [5.74, 6) is 0.547. The maximum atomic E-state index is 13.9. The number of piperidine rings is 1. The molecule has 2 aliphatic heterocycles. The summed E-state index contributed by atoms with van der Waals surface area (Å²) in [6.45, 7) is 3.80. The first-order valence-electron chi connectivity index (χ1n) is 10.4. The third kappa shape index (κ3) is 3.03. The van der Waals surface area contributed by atoms with Crippen LogP contribution in [0.1, 0.15) is 35.8 Å². The van der Waals surface area contributed by atoms with Gasteiger partial charge in [0.2, 0.25) is 0 Å².